The van der Waals surface area contributed by atoms with Crippen molar-refractivity contribution in [2.75, 3.05) is 12.4 Å². The highest BCUT2D eigenvalue weighted by Gasteiger charge is 2.22. The van der Waals surface area contributed by atoms with Crippen LogP contribution in [0.3, 0.4) is 0 Å². The quantitative estimate of drug-likeness (QED) is 0.850. The lowest BCUT2D eigenvalue weighted by Gasteiger charge is -2.21. The van der Waals surface area contributed by atoms with Crippen LogP contribution < -0.4 is 4.72 Å². The lowest BCUT2D eigenvalue weighted by Crippen LogP contribution is -2.35. The first-order chi connectivity index (χ1) is 8.84. The molecule has 106 valence electrons. The number of hydrogen-bond donors (Lipinski definition) is 1. The van der Waals surface area contributed by atoms with Crippen LogP contribution in [-0.2, 0) is 22.9 Å². The van der Waals surface area contributed by atoms with Gasteiger partial charge in [0.2, 0.25) is 10.0 Å². The normalized spacial score (nSPS) is 15.5. The molecule has 0 aliphatic heterocycles. The highest BCUT2D eigenvalue weighted by atomic mass is 35.5. The van der Waals surface area contributed by atoms with Gasteiger partial charge in [-0.25, -0.2) is 13.1 Å². The highest BCUT2D eigenvalue weighted by molar-refractivity contribution is 7.89. The van der Waals surface area contributed by atoms with Gasteiger partial charge in [0, 0.05) is 12.4 Å². The maximum atomic E-state index is 12.2. The number of nitrogens with one attached hydrogen (secondary N) is 1. The van der Waals surface area contributed by atoms with Crippen LogP contribution in [-0.4, -0.2) is 20.8 Å². The molecule has 0 radical (unpaired) electrons. The monoisotopic (exact) mass is 301 g/mol. The van der Waals surface area contributed by atoms with Crippen molar-refractivity contribution in [3.8, 4) is 0 Å². The van der Waals surface area contributed by atoms with E-state index in [0.29, 0.717) is 17.3 Å². The van der Waals surface area contributed by atoms with E-state index in [-0.39, 0.29) is 5.41 Å². The first-order valence-electron chi connectivity index (χ1n) is 6.51. The number of fused-ring (bicyclic) bond motifs is 1. The van der Waals surface area contributed by atoms with Crippen LogP contribution in [0.25, 0.3) is 0 Å². The van der Waals surface area contributed by atoms with E-state index in [4.69, 9.17) is 11.6 Å². The van der Waals surface area contributed by atoms with Crippen molar-refractivity contribution in [1.29, 1.82) is 0 Å². The number of halogens is 1. The first kappa shape index (κ1) is 14.8. The Labute approximate surface area is 120 Å². The molecule has 2 rings (SSSR count). The van der Waals surface area contributed by atoms with Crippen LogP contribution >= 0.6 is 11.6 Å². The Bertz CT molecular complexity index is 567. The minimum Gasteiger partial charge on any atom is -0.211 e. The molecular weight excluding hydrogens is 282 g/mol. The Hall–Kier alpha value is -0.580. The van der Waals surface area contributed by atoms with Gasteiger partial charge in [0.05, 0.1) is 4.90 Å². The molecule has 1 aromatic carbocycles. The molecule has 0 heterocycles. The third kappa shape index (κ3) is 3.50. The van der Waals surface area contributed by atoms with Crippen molar-refractivity contribution in [3.63, 3.8) is 0 Å². The summed E-state index contributed by atoms with van der Waals surface area (Å²) in [6.07, 6.45) is 3.15. The van der Waals surface area contributed by atoms with Crippen molar-refractivity contribution >= 4 is 21.6 Å². The Morgan fingerprint density at radius 2 is 1.95 bits per heavy atom. The molecule has 0 amide bonds. The molecule has 0 atom stereocenters. The Balaban J connectivity index is 2.16. The number of hydrogen-bond acceptors (Lipinski definition) is 2. The van der Waals surface area contributed by atoms with Gasteiger partial charge in [-0.1, -0.05) is 19.9 Å². The van der Waals surface area contributed by atoms with Gasteiger partial charge in [-0.15, -0.1) is 11.6 Å². The first-order valence-corrected chi connectivity index (χ1v) is 8.53. The van der Waals surface area contributed by atoms with Crippen LogP contribution in [0.5, 0.6) is 0 Å². The second kappa shape index (κ2) is 5.43. The molecule has 0 spiro atoms. The Kier molecular flexibility index (Phi) is 4.23. The second-order valence-corrected chi connectivity index (χ2v) is 7.94. The van der Waals surface area contributed by atoms with Gasteiger partial charge < -0.3 is 0 Å². The van der Waals surface area contributed by atoms with Gasteiger partial charge in [0.15, 0.2) is 0 Å². The average Bonchev–Trinajstić information content (AvgIpc) is 2.84. The Morgan fingerprint density at radius 1 is 1.26 bits per heavy atom. The fourth-order valence-electron chi connectivity index (χ4n) is 2.14. The number of aryl methyl sites for hydroxylation is 2. The zero-order valence-corrected chi connectivity index (χ0v) is 12.9. The Morgan fingerprint density at radius 3 is 2.63 bits per heavy atom. The summed E-state index contributed by atoms with van der Waals surface area (Å²) in [5, 5.41) is 0. The third-order valence-corrected chi connectivity index (χ3v) is 5.61. The topological polar surface area (TPSA) is 46.2 Å². The number of sulfonamides is 1. The minimum atomic E-state index is -3.43. The molecule has 1 aliphatic carbocycles. The van der Waals surface area contributed by atoms with Gasteiger partial charge in [0.1, 0.15) is 0 Å². The molecule has 1 aliphatic rings. The van der Waals surface area contributed by atoms with Crippen LogP contribution in [0, 0.1) is 5.41 Å². The molecular formula is C14H20ClNO2S. The molecule has 0 saturated carbocycles. The van der Waals surface area contributed by atoms with E-state index in [2.05, 4.69) is 4.72 Å². The van der Waals surface area contributed by atoms with Crippen LogP contribution in [0.1, 0.15) is 31.4 Å². The summed E-state index contributed by atoms with van der Waals surface area (Å²) in [6, 6.07) is 5.43. The maximum Gasteiger partial charge on any atom is 0.240 e. The summed E-state index contributed by atoms with van der Waals surface area (Å²) in [7, 11) is -3.43. The molecule has 0 fully saturated rings. The fourth-order valence-corrected chi connectivity index (χ4v) is 3.52. The predicted molar refractivity (Wildman–Crippen MR) is 78.2 cm³/mol. The number of rotatable bonds is 5. The van der Waals surface area contributed by atoms with E-state index >= 15 is 0 Å². The SMILES string of the molecule is CC(C)(CCl)CNS(=O)(=O)c1ccc2c(c1)CCC2. The summed E-state index contributed by atoms with van der Waals surface area (Å²) in [6.45, 7) is 4.21. The molecule has 0 bridgehead atoms. The minimum absolute atomic E-state index is 0.245. The molecule has 1 aromatic rings. The molecule has 19 heavy (non-hydrogen) atoms. The van der Waals surface area contributed by atoms with Gasteiger partial charge >= 0.3 is 0 Å². The average molecular weight is 302 g/mol. The van der Waals surface area contributed by atoms with Crippen molar-refractivity contribution in [2.45, 2.75) is 38.0 Å². The molecule has 5 heteroatoms. The summed E-state index contributed by atoms with van der Waals surface area (Å²) in [5.74, 6) is 0.416. The van der Waals surface area contributed by atoms with Gasteiger partial charge in [-0.05, 0) is 47.9 Å². The van der Waals surface area contributed by atoms with Crippen molar-refractivity contribution in [2.24, 2.45) is 5.41 Å². The van der Waals surface area contributed by atoms with E-state index < -0.39 is 10.0 Å². The molecule has 0 saturated heterocycles. The van der Waals surface area contributed by atoms with Crippen LogP contribution in [0.2, 0.25) is 0 Å². The van der Waals surface area contributed by atoms with E-state index in [0.717, 1.165) is 19.3 Å². The number of alkyl halides is 1. The predicted octanol–water partition coefficient (Wildman–Crippen LogP) is 2.72. The van der Waals surface area contributed by atoms with Crippen molar-refractivity contribution < 1.29 is 8.42 Å². The van der Waals surface area contributed by atoms with E-state index in [1.807, 2.05) is 19.9 Å². The zero-order valence-electron chi connectivity index (χ0n) is 11.4. The van der Waals surface area contributed by atoms with Gasteiger partial charge in [0.25, 0.3) is 0 Å². The molecule has 3 nitrogen and oxygen atoms in total. The molecule has 0 unspecified atom stereocenters. The maximum absolute atomic E-state index is 12.2. The van der Waals surface area contributed by atoms with Crippen molar-refractivity contribution in [3.05, 3.63) is 29.3 Å². The lowest BCUT2D eigenvalue weighted by molar-refractivity contribution is 0.414. The van der Waals surface area contributed by atoms with E-state index in [1.165, 1.54) is 11.1 Å². The standard InChI is InChI=1S/C14H20ClNO2S/c1-14(2,9-15)10-16-19(17,18)13-7-6-11-4-3-5-12(11)8-13/h6-8,16H,3-5,9-10H2,1-2H3. The molecule has 1 N–H and O–H groups in total. The second-order valence-electron chi connectivity index (χ2n) is 5.91. The van der Waals surface area contributed by atoms with Gasteiger partial charge in [-0.2, -0.15) is 0 Å². The highest BCUT2D eigenvalue weighted by Crippen LogP contribution is 2.25. The summed E-state index contributed by atoms with van der Waals surface area (Å²) >= 11 is 5.81. The fraction of sp³-hybridized carbons (Fsp3) is 0.571. The summed E-state index contributed by atoms with van der Waals surface area (Å²) in [5.41, 5.74) is 2.20. The smallest absolute Gasteiger partial charge is 0.211 e. The summed E-state index contributed by atoms with van der Waals surface area (Å²) < 4.78 is 27.1. The van der Waals surface area contributed by atoms with Gasteiger partial charge in [-0.3, -0.25) is 0 Å². The molecule has 0 aromatic heterocycles. The number of benzene rings is 1. The van der Waals surface area contributed by atoms with Crippen LogP contribution in [0.4, 0.5) is 0 Å². The lowest BCUT2D eigenvalue weighted by atomic mass is 9.97. The summed E-state index contributed by atoms with van der Waals surface area (Å²) in [4.78, 5) is 0.360. The largest absolute Gasteiger partial charge is 0.240 e. The van der Waals surface area contributed by atoms with Crippen LogP contribution in [0.15, 0.2) is 23.1 Å². The van der Waals surface area contributed by atoms with E-state index in [1.54, 1.807) is 12.1 Å². The third-order valence-electron chi connectivity index (χ3n) is 3.48. The van der Waals surface area contributed by atoms with E-state index in [9.17, 15) is 8.42 Å². The van der Waals surface area contributed by atoms with Crippen molar-refractivity contribution in [1.82, 2.24) is 4.72 Å². The zero-order chi connectivity index (χ0) is 14.1.